The van der Waals surface area contributed by atoms with Gasteiger partial charge in [-0.15, -0.1) is 0 Å². The maximum absolute atomic E-state index is 13.4. The van der Waals surface area contributed by atoms with E-state index in [1.165, 1.54) is 19.9 Å². The summed E-state index contributed by atoms with van der Waals surface area (Å²) in [5.41, 5.74) is -0.732. The summed E-state index contributed by atoms with van der Waals surface area (Å²) in [5.74, 6) is -0.803. The lowest BCUT2D eigenvalue weighted by Gasteiger charge is -2.15. The molecule has 0 spiro atoms. The van der Waals surface area contributed by atoms with Gasteiger partial charge in [0.25, 0.3) is 0 Å². The molecular formula is C12H12BrFN2O. The minimum Gasteiger partial charge on any atom is -0.351 e. The molecule has 90 valence electrons. The predicted molar refractivity (Wildman–Crippen MR) is 65.3 cm³/mol. The minimum atomic E-state index is -1.11. The van der Waals surface area contributed by atoms with Crippen molar-refractivity contribution in [1.29, 1.82) is 5.26 Å². The molecule has 0 saturated carbocycles. The number of carbonyl (C=O) groups is 1. The zero-order chi connectivity index (χ0) is 13.1. The van der Waals surface area contributed by atoms with Crippen molar-refractivity contribution in [3.8, 4) is 6.07 Å². The Balaban J connectivity index is 2.72. The first-order valence-electron chi connectivity index (χ1n) is 5.00. The first kappa shape index (κ1) is 13.7. The van der Waals surface area contributed by atoms with E-state index in [1.807, 2.05) is 6.07 Å². The van der Waals surface area contributed by atoms with Crippen LogP contribution in [0.3, 0.4) is 0 Å². The average Bonchev–Trinajstić information content (AvgIpc) is 2.29. The highest BCUT2D eigenvalue weighted by atomic mass is 79.9. The number of benzene rings is 1. The molecule has 0 bridgehead atoms. The van der Waals surface area contributed by atoms with E-state index in [0.717, 1.165) is 4.47 Å². The van der Waals surface area contributed by atoms with Crippen molar-refractivity contribution in [2.45, 2.75) is 20.4 Å². The van der Waals surface area contributed by atoms with E-state index in [-0.39, 0.29) is 12.4 Å². The molecule has 0 unspecified atom stereocenters. The van der Waals surface area contributed by atoms with Gasteiger partial charge in [-0.1, -0.05) is 15.9 Å². The molecule has 0 aliphatic carbocycles. The molecule has 0 aromatic heterocycles. The van der Waals surface area contributed by atoms with Crippen molar-refractivity contribution in [3.63, 3.8) is 0 Å². The lowest BCUT2D eigenvalue weighted by Crippen LogP contribution is -2.35. The van der Waals surface area contributed by atoms with E-state index in [0.29, 0.717) is 5.56 Å². The Morgan fingerprint density at radius 1 is 1.59 bits per heavy atom. The van der Waals surface area contributed by atoms with Crippen LogP contribution in [0.4, 0.5) is 4.39 Å². The lowest BCUT2D eigenvalue weighted by molar-refractivity contribution is -0.126. The van der Waals surface area contributed by atoms with Gasteiger partial charge in [-0.3, -0.25) is 4.79 Å². The number of halogens is 2. The van der Waals surface area contributed by atoms with E-state index in [1.54, 1.807) is 12.1 Å². The molecule has 0 heterocycles. The van der Waals surface area contributed by atoms with Crippen LogP contribution in [-0.2, 0) is 11.3 Å². The van der Waals surface area contributed by atoms with Gasteiger partial charge in [0, 0.05) is 16.6 Å². The molecule has 5 heteroatoms. The maximum atomic E-state index is 13.4. The molecule has 3 nitrogen and oxygen atoms in total. The summed E-state index contributed by atoms with van der Waals surface area (Å²) in [6.07, 6.45) is 0. The van der Waals surface area contributed by atoms with Crippen LogP contribution in [0.2, 0.25) is 0 Å². The van der Waals surface area contributed by atoms with E-state index in [2.05, 4.69) is 21.2 Å². The summed E-state index contributed by atoms with van der Waals surface area (Å²) in [5, 5.41) is 11.3. The van der Waals surface area contributed by atoms with E-state index in [4.69, 9.17) is 5.26 Å². The Hall–Kier alpha value is -1.41. The molecule has 0 saturated heterocycles. The Kier molecular flexibility index (Phi) is 4.24. The monoisotopic (exact) mass is 298 g/mol. The maximum Gasteiger partial charge on any atom is 0.240 e. The van der Waals surface area contributed by atoms with Gasteiger partial charge in [0.05, 0.1) is 6.07 Å². The van der Waals surface area contributed by atoms with E-state index >= 15 is 0 Å². The third-order valence-electron chi connectivity index (χ3n) is 2.29. The SMILES string of the molecule is CC(C)(C#N)C(=O)NCc1cc(Br)ccc1F. The highest BCUT2D eigenvalue weighted by molar-refractivity contribution is 9.10. The quantitative estimate of drug-likeness (QED) is 0.933. The molecule has 0 fully saturated rings. The van der Waals surface area contributed by atoms with Gasteiger partial charge in [0.1, 0.15) is 11.2 Å². The first-order chi connectivity index (χ1) is 7.86. The fraction of sp³-hybridized carbons (Fsp3) is 0.333. The van der Waals surface area contributed by atoms with Crippen LogP contribution in [-0.4, -0.2) is 5.91 Å². The second kappa shape index (κ2) is 5.28. The summed E-state index contributed by atoms with van der Waals surface area (Å²) in [6, 6.07) is 6.38. The molecule has 1 N–H and O–H groups in total. The Bertz CT molecular complexity index is 480. The van der Waals surface area contributed by atoms with Crippen molar-refractivity contribution in [3.05, 3.63) is 34.1 Å². The smallest absolute Gasteiger partial charge is 0.240 e. The van der Waals surface area contributed by atoms with Gasteiger partial charge in [-0.25, -0.2) is 4.39 Å². The van der Waals surface area contributed by atoms with E-state index < -0.39 is 11.3 Å². The average molecular weight is 299 g/mol. The van der Waals surface area contributed by atoms with Crippen LogP contribution < -0.4 is 5.32 Å². The molecule has 0 atom stereocenters. The second-order valence-electron chi connectivity index (χ2n) is 4.16. The zero-order valence-corrected chi connectivity index (χ0v) is 11.1. The van der Waals surface area contributed by atoms with Gasteiger partial charge < -0.3 is 5.32 Å². The molecule has 0 radical (unpaired) electrons. The van der Waals surface area contributed by atoms with Crippen LogP contribution in [0.1, 0.15) is 19.4 Å². The fourth-order valence-corrected chi connectivity index (χ4v) is 1.53. The fourth-order valence-electron chi connectivity index (χ4n) is 1.13. The number of nitriles is 1. The van der Waals surface area contributed by atoms with Crippen LogP contribution in [0.25, 0.3) is 0 Å². The number of hydrogen-bond donors (Lipinski definition) is 1. The standard InChI is InChI=1S/C12H12BrFN2O/c1-12(2,7-15)11(17)16-6-8-5-9(13)3-4-10(8)14/h3-5H,6H2,1-2H3,(H,16,17). The summed E-state index contributed by atoms with van der Waals surface area (Å²) >= 11 is 3.22. The van der Waals surface area contributed by atoms with Crippen molar-refractivity contribution in [2.24, 2.45) is 5.41 Å². The van der Waals surface area contributed by atoms with Crippen molar-refractivity contribution >= 4 is 21.8 Å². The Morgan fingerprint density at radius 3 is 2.82 bits per heavy atom. The molecule has 1 aromatic carbocycles. The first-order valence-corrected chi connectivity index (χ1v) is 5.79. The highest BCUT2D eigenvalue weighted by Crippen LogP contribution is 2.17. The Labute approximate surface area is 108 Å². The summed E-state index contributed by atoms with van der Waals surface area (Å²) in [7, 11) is 0. The lowest BCUT2D eigenvalue weighted by atomic mass is 9.95. The van der Waals surface area contributed by atoms with Gasteiger partial charge >= 0.3 is 0 Å². The van der Waals surface area contributed by atoms with Gasteiger partial charge in [-0.2, -0.15) is 5.26 Å². The van der Waals surface area contributed by atoms with Crippen LogP contribution in [0, 0.1) is 22.6 Å². The molecular weight excluding hydrogens is 287 g/mol. The molecule has 1 rings (SSSR count). The molecule has 0 aliphatic rings. The summed E-state index contributed by atoms with van der Waals surface area (Å²) in [4.78, 5) is 11.6. The normalized spacial score (nSPS) is 10.8. The van der Waals surface area contributed by atoms with Crippen LogP contribution in [0.15, 0.2) is 22.7 Å². The van der Waals surface area contributed by atoms with Crippen molar-refractivity contribution < 1.29 is 9.18 Å². The van der Waals surface area contributed by atoms with Crippen molar-refractivity contribution in [2.75, 3.05) is 0 Å². The number of nitrogens with zero attached hydrogens (tertiary/aromatic N) is 1. The summed E-state index contributed by atoms with van der Waals surface area (Å²) in [6.45, 7) is 3.09. The number of hydrogen-bond acceptors (Lipinski definition) is 2. The molecule has 1 amide bonds. The van der Waals surface area contributed by atoms with Gasteiger partial charge in [0.15, 0.2) is 0 Å². The predicted octanol–water partition coefficient (Wildman–Crippen LogP) is 2.75. The third kappa shape index (κ3) is 3.53. The van der Waals surface area contributed by atoms with Gasteiger partial charge in [-0.05, 0) is 32.0 Å². The minimum absolute atomic E-state index is 0.0647. The molecule has 17 heavy (non-hydrogen) atoms. The summed E-state index contributed by atoms with van der Waals surface area (Å²) < 4.78 is 14.1. The number of rotatable bonds is 3. The number of amides is 1. The third-order valence-corrected chi connectivity index (χ3v) is 2.79. The van der Waals surface area contributed by atoms with Crippen LogP contribution in [0.5, 0.6) is 0 Å². The largest absolute Gasteiger partial charge is 0.351 e. The van der Waals surface area contributed by atoms with E-state index in [9.17, 15) is 9.18 Å². The topological polar surface area (TPSA) is 52.9 Å². The van der Waals surface area contributed by atoms with Gasteiger partial charge in [0.2, 0.25) is 5.91 Å². The Morgan fingerprint density at radius 2 is 2.24 bits per heavy atom. The molecule has 1 aromatic rings. The highest BCUT2D eigenvalue weighted by Gasteiger charge is 2.26. The zero-order valence-electron chi connectivity index (χ0n) is 9.55. The van der Waals surface area contributed by atoms with Crippen molar-refractivity contribution in [1.82, 2.24) is 5.32 Å². The number of carbonyl (C=O) groups excluding carboxylic acids is 1. The number of nitrogens with one attached hydrogen (secondary N) is 1. The second-order valence-corrected chi connectivity index (χ2v) is 5.07. The van der Waals surface area contributed by atoms with Crippen LogP contribution >= 0.6 is 15.9 Å². The molecule has 0 aliphatic heterocycles.